The van der Waals surface area contributed by atoms with Gasteiger partial charge in [-0.05, 0) is 30.4 Å². The number of halogens is 3. The molecule has 9 heteroatoms. The van der Waals surface area contributed by atoms with Gasteiger partial charge < -0.3 is 10.6 Å². The van der Waals surface area contributed by atoms with E-state index in [1.807, 2.05) is 0 Å². The first-order chi connectivity index (χ1) is 12.7. The Labute approximate surface area is 160 Å². The average molecular weight is 397 g/mol. The molecule has 2 N–H and O–H groups in total. The Morgan fingerprint density at radius 1 is 1.26 bits per heavy atom. The quantitative estimate of drug-likeness (QED) is 0.811. The number of piperidine rings is 1. The molecule has 0 amide bonds. The lowest BCUT2D eigenvalue weighted by Gasteiger charge is -2.39. The fraction of sp³-hybridized carbons (Fsp3) is 0.500. The van der Waals surface area contributed by atoms with E-state index in [4.69, 9.17) is 5.73 Å². The lowest BCUT2D eigenvalue weighted by molar-refractivity contribution is -0.143. The van der Waals surface area contributed by atoms with E-state index in [0.717, 1.165) is 50.3 Å². The highest BCUT2D eigenvalue weighted by atomic mass is 32.2. The number of rotatable bonds is 4. The molecule has 146 valence electrons. The minimum absolute atomic E-state index is 0.0459. The van der Waals surface area contributed by atoms with Crippen LogP contribution in [0.15, 0.2) is 34.4 Å². The summed E-state index contributed by atoms with van der Waals surface area (Å²) in [5, 5.41) is 0.243. The number of pyridine rings is 1. The third-order valence-corrected chi connectivity index (χ3v) is 6.20. The van der Waals surface area contributed by atoms with Crippen LogP contribution in [0.1, 0.15) is 38.8 Å². The van der Waals surface area contributed by atoms with Crippen molar-refractivity contribution in [2.24, 2.45) is 5.41 Å². The zero-order valence-electron chi connectivity index (χ0n) is 15.3. The fourth-order valence-electron chi connectivity index (χ4n) is 3.03. The molecule has 1 aliphatic heterocycles. The van der Waals surface area contributed by atoms with Gasteiger partial charge in [-0.1, -0.05) is 32.0 Å². The molecule has 3 rings (SSSR count). The van der Waals surface area contributed by atoms with Crippen LogP contribution >= 0.6 is 11.8 Å². The minimum atomic E-state index is -4.54. The van der Waals surface area contributed by atoms with E-state index in [9.17, 15) is 13.2 Å². The van der Waals surface area contributed by atoms with E-state index in [1.165, 1.54) is 12.1 Å². The topological polar surface area (TPSA) is 67.9 Å². The molecule has 1 aliphatic rings. The number of hydrogen-bond donors (Lipinski definition) is 1. The highest BCUT2D eigenvalue weighted by Gasteiger charge is 2.36. The zero-order valence-corrected chi connectivity index (χ0v) is 16.1. The van der Waals surface area contributed by atoms with Crippen molar-refractivity contribution in [1.82, 2.24) is 15.0 Å². The van der Waals surface area contributed by atoms with Gasteiger partial charge in [0.1, 0.15) is 10.8 Å². The van der Waals surface area contributed by atoms with E-state index in [0.29, 0.717) is 11.2 Å². The largest absolute Gasteiger partial charge is 0.434 e. The molecule has 1 saturated heterocycles. The standard InChI is InChI=1S/C18H22F3N5S/c1-3-17(2)6-9-26(10-7-17)13-11-24-16(15(22)25-13)27-12-5-4-8-23-14(12)18(19,20)21/h4-5,8,11H,3,6-7,9-10H2,1-2H3,(H2,22,25). The van der Waals surface area contributed by atoms with Crippen LogP contribution in [0.25, 0.3) is 0 Å². The van der Waals surface area contributed by atoms with Crippen LogP contribution in [0.3, 0.4) is 0 Å². The molecule has 0 aliphatic carbocycles. The molecule has 0 spiro atoms. The summed E-state index contributed by atoms with van der Waals surface area (Å²) in [5.41, 5.74) is 5.39. The first-order valence-corrected chi connectivity index (χ1v) is 9.61. The van der Waals surface area contributed by atoms with Crippen LogP contribution in [-0.2, 0) is 6.18 Å². The minimum Gasteiger partial charge on any atom is -0.381 e. The summed E-state index contributed by atoms with van der Waals surface area (Å²) in [6.45, 7) is 6.22. The second-order valence-electron chi connectivity index (χ2n) is 7.02. The Bertz CT molecular complexity index is 804. The summed E-state index contributed by atoms with van der Waals surface area (Å²) in [6.07, 6.45) is 1.42. The van der Waals surface area contributed by atoms with Crippen molar-refractivity contribution in [3.8, 4) is 0 Å². The number of hydrogen-bond acceptors (Lipinski definition) is 6. The molecule has 0 saturated carbocycles. The third-order valence-electron chi connectivity index (χ3n) is 5.15. The predicted molar refractivity (Wildman–Crippen MR) is 99.7 cm³/mol. The van der Waals surface area contributed by atoms with Crippen molar-refractivity contribution in [3.05, 3.63) is 30.2 Å². The second kappa shape index (κ2) is 7.53. The zero-order chi connectivity index (χ0) is 19.7. The summed E-state index contributed by atoms with van der Waals surface area (Å²) in [4.78, 5) is 14.2. The Morgan fingerprint density at radius 3 is 2.56 bits per heavy atom. The van der Waals surface area contributed by atoms with Crippen LogP contribution in [0.5, 0.6) is 0 Å². The SMILES string of the molecule is CCC1(C)CCN(c2cnc(Sc3cccnc3C(F)(F)F)c(N)n2)CC1. The van der Waals surface area contributed by atoms with Gasteiger partial charge in [0.2, 0.25) is 0 Å². The van der Waals surface area contributed by atoms with Crippen LogP contribution < -0.4 is 10.6 Å². The molecule has 2 aromatic heterocycles. The summed E-state index contributed by atoms with van der Waals surface area (Å²) >= 11 is 0.827. The van der Waals surface area contributed by atoms with E-state index < -0.39 is 11.9 Å². The van der Waals surface area contributed by atoms with Gasteiger partial charge in [-0.15, -0.1) is 0 Å². The van der Waals surface area contributed by atoms with Gasteiger partial charge in [0, 0.05) is 24.2 Å². The molecule has 0 unspecified atom stereocenters. The maximum atomic E-state index is 13.1. The Kier molecular flexibility index (Phi) is 5.50. The molecule has 5 nitrogen and oxygen atoms in total. The highest BCUT2D eigenvalue weighted by Crippen LogP contribution is 2.39. The average Bonchev–Trinajstić information content (AvgIpc) is 2.64. The molecule has 3 heterocycles. The lowest BCUT2D eigenvalue weighted by Crippen LogP contribution is -2.39. The van der Waals surface area contributed by atoms with Crippen LogP contribution in [0.4, 0.5) is 24.8 Å². The molecule has 2 aromatic rings. The van der Waals surface area contributed by atoms with Gasteiger partial charge in [-0.25, -0.2) is 9.97 Å². The van der Waals surface area contributed by atoms with Crippen LogP contribution in [-0.4, -0.2) is 28.0 Å². The van der Waals surface area contributed by atoms with E-state index in [2.05, 4.69) is 33.7 Å². The number of nitrogen functional groups attached to an aromatic ring is 1. The first kappa shape index (κ1) is 19.7. The normalized spacial score (nSPS) is 17.1. The smallest absolute Gasteiger partial charge is 0.381 e. The monoisotopic (exact) mass is 397 g/mol. The number of nitrogens with two attached hydrogens (primary N) is 1. The molecular weight excluding hydrogens is 375 g/mol. The first-order valence-electron chi connectivity index (χ1n) is 8.79. The number of alkyl halides is 3. The number of anilines is 2. The van der Waals surface area contributed by atoms with Crippen molar-refractivity contribution in [2.75, 3.05) is 23.7 Å². The summed E-state index contributed by atoms with van der Waals surface area (Å²) in [6, 6.07) is 2.81. The second-order valence-corrected chi connectivity index (χ2v) is 8.05. The molecule has 1 fully saturated rings. The van der Waals surface area contributed by atoms with E-state index in [-0.39, 0.29) is 15.7 Å². The van der Waals surface area contributed by atoms with Gasteiger partial charge in [-0.3, -0.25) is 4.98 Å². The Balaban J connectivity index is 1.77. The van der Waals surface area contributed by atoms with Gasteiger partial charge in [0.05, 0.1) is 6.20 Å². The van der Waals surface area contributed by atoms with Crippen LogP contribution in [0, 0.1) is 5.41 Å². The maximum Gasteiger partial charge on any atom is 0.434 e. The van der Waals surface area contributed by atoms with Gasteiger partial charge in [0.25, 0.3) is 0 Å². The van der Waals surface area contributed by atoms with E-state index in [1.54, 1.807) is 6.20 Å². The number of aromatic nitrogens is 3. The number of nitrogens with zero attached hydrogens (tertiary/aromatic N) is 4. The third kappa shape index (κ3) is 4.45. The molecule has 0 atom stereocenters. The predicted octanol–water partition coefficient (Wildman–Crippen LogP) is 4.64. The maximum absolute atomic E-state index is 13.1. The summed E-state index contributed by atoms with van der Waals surface area (Å²) in [7, 11) is 0. The molecular formula is C18H22F3N5S. The van der Waals surface area contributed by atoms with Gasteiger partial charge in [-0.2, -0.15) is 13.2 Å². The lowest BCUT2D eigenvalue weighted by atomic mass is 9.78. The van der Waals surface area contributed by atoms with Gasteiger partial charge in [0.15, 0.2) is 11.5 Å². The van der Waals surface area contributed by atoms with Crippen molar-refractivity contribution in [3.63, 3.8) is 0 Å². The molecule has 27 heavy (non-hydrogen) atoms. The van der Waals surface area contributed by atoms with Crippen molar-refractivity contribution in [2.45, 2.75) is 49.2 Å². The summed E-state index contributed by atoms with van der Waals surface area (Å²) in [5.74, 6) is 0.788. The van der Waals surface area contributed by atoms with Crippen molar-refractivity contribution in [1.29, 1.82) is 0 Å². The molecule has 0 bridgehead atoms. The van der Waals surface area contributed by atoms with Crippen molar-refractivity contribution >= 4 is 23.4 Å². The Morgan fingerprint density at radius 2 is 1.96 bits per heavy atom. The van der Waals surface area contributed by atoms with Crippen molar-refractivity contribution < 1.29 is 13.2 Å². The van der Waals surface area contributed by atoms with E-state index >= 15 is 0 Å². The van der Waals surface area contributed by atoms with Gasteiger partial charge >= 0.3 is 6.18 Å². The molecule has 0 aromatic carbocycles. The fourth-order valence-corrected chi connectivity index (χ4v) is 3.91. The molecule has 0 radical (unpaired) electrons. The highest BCUT2D eigenvalue weighted by molar-refractivity contribution is 7.99. The Hall–Kier alpha value is -2.03. The van der Waals surface area contributed by atoms with Crippen LogP contribution in [0.2, 0.25) is 0 Å². The summed E-state index contributed by atoms with van der Waals surface area (Å²) < 4.78 is 39.3.